The molecule has 25 heavy (non-hydrogen) atoms. The third-order valence-corrected chi connectivity index (χ3v) is 4.64. The SMILES string of the molecule is CC(C)Cc1c([O-])c2c(c(CC(C)C)c1CC(C)C)OS(=O)(=O)O2.[Na+]. The normalized spacial score (nSPS) is 15.1. The van der Waals surface area contributed by atoms with E-state index in [0.717, 1.165) is 17.5 Å². The zero-order valence-corrected chi connectivity index (χ0v) is 19.1. The molecule has 0 saturated carbocycles. The summed E-state index contributed by atoms with van der Waals surface area (Å²) in [5.74, 6) is 0.538. The molecule has 2 rings (SSSR count). The molecule has 1 aromatic rings. The minimum atomic E-state index is -4.18. The largest absolute Gasteiger partial charge is 1.00 e. The zero-order valence-electron chi connectivity index (χ0n) is 16.3. The van der Waals surface area contributed by atoms with Crippen LogP contribution >= 0.6 is 0 Å². The second-order valence-electron chi connectivity index (χ2n) is 7.79. The Balaban J connectivity index is 0.00000312. The van der Waals surface area contributed by atoms with Crippen LogP contribution in [0.2, 0.25) is 0 Å². The molecule has 0 fully saturated rings. The number of hydrogen-bond donors (Lipinski definition) is 0. The van der Waals surface area contributed by atoms with Crippen molar-refractivity contribution in [2.75, 3.05) is 0 Å². The van der Waals surface area contributed by atoms with Gasteiger partial charge in [-0.05, 0) is 48.1 Å². The summed E-state index contributed by atoms with van der Waals surface area (Å²) in [4.78, 5) is 0. The molecule has 136 valence electrons. The van der Waals surface area contributed by atoms with Gasteiger partial charge in [0.25, 0.3) is 0 Å². The van der Waals surface area contributed by atoms with E-state index < -0.39 is 10.4 Å². The molecular weight excluding hydrogens is 351 g/mol. The molecule has 0 N–H and O–H groups in total. The molecule has 1 aromatic carbocycles. The molecule has 0 amide bonds. The third kappa shape index (κ3) is 5.28. The van der Waals surface area contributed by atoms with Crippen molar-refractivity contribution < 1.29 is 51.4 Å². The average molecular weight is 378 g/mol. The van der Waals surface area contributed by atoms with E-state index in [4.69, 9.17) is 8.37 Å². The van der Waals surface area contributed by atoms with E-state index in [2.05, 4.69) is 27.7 Å². The zero-order chi connectivity index (χ0) is 18.2. The molecule has 5 nitrogen and oxygen atoms in total. The predicted molar refractivity (Wildman–Crippen MR) is 91.7 cm³/mol. The Labute approximate surface area is 173 Å². The number of hydrogen-bond acceptors (Lipinski definition) is 5. The van der Waals surface area contributed by atoms with Gasteiger partial charge >= 0.3 is 40.0 Å². The average Bonchev–Trinajstić information content (AvgIpc) is 2.73. The van der Waals surface area contributed by atoms with Gasteiger partial charge in [0.05, 0.1) is 0 Å². The maximum absolute atomic E-state index is 12.9. The van der Waals surface area contributed by atoms with Crippen molar-refractivity contribution in [1.82, 2.24) is 0 Å². The van der Waals surface area contributed by atoms with Crippen molar-refractivity contribution in [1.29, 1.82) is 0 Å². The van der Waals surface area contributed by atoms with Crippen LogP contribution in [0.5, 0.6) is 17.2 Å². The van der Waals surface area contributed by atoms with Crippen LogP contribution in [0.3, 0.4) is 0 Å². The molecule has 1 heterocycles. The molecule has 0 spiro atoms. The fraction of sp³-hybridized carbons (Fsp3) is 0.667. The van der Waals surface area contributed by atoms with Gasteiger partial charge < -0.3 is 13.5 Å². The summed E-state index contributed by atoms with van der Waals surface area (Å²) >= 11 is 0. The fourth-order valence-electron chi connectivity index (χ4n) is 3.12. The summed E-state index contributed by atoms with van der Waals surface area (Å²) in [6.07, 6.45) is 1.97. The Morgan fingerprint density at radius 2 is 1.16 bits per heavy atom. The van der Waals surface area contributed by atoms with Crippen LogP contribution < -0.4 is 43.0 Å². The van der Waals surface area contributed by atoms with Gasteiger partial charge in [0.1, 0.15) is 0 Å². The Morgan fingerprint density at radius 1 is 0.760 bits per heavy atom. The molecule has 0 bridgehead atoms. The van der Waals surface area contributed by atoms with E-state index >= 15 is 0 Å². The van der Waals surface area contributed by atoms with Crippen molar-refractivity contribution in [3.63, 3.8) is 0 Å². The van der Waals surface area contributed by atoms with Crippen molar-refractivity contribution in [2.45, 2.75) is 60.8 Å². The van der Waals surface area contributed by atoms with E-state index in [-0.39, 0.29) is 52.7 Å². The Kier molecular flexibility index (Phi) is 7.69. The number of fused-ring (bicyclic) bond motifs is 1. The van der Waals surface area contributed by atoms with E-state index in [9.17, 15) is 13.5 Å². The second kappa shape index (κ2) is 8.51. The number of rotatable bonds is 6. The monoisotopic (exact) mass is 378 g/mol. The maximum atomic E-state index is 12.9. The molecule has 1 aliphatic heterocycles. The summed E-state index contributed by atoms with van der Waals surface area (Å²) in [7, 11) is -4.18. The van der Waals surface area contributed by atoms with Crippen LogP contribution in [-0.2, 0) is 29.7 Å². The summed E-state index contributed by atoms with van der Waals surface area (Å²) in [5.41, 5.74) is 2.43. The molecule has 0 saturated heterocycles. The van der Waals surface area contributed by atoms with Gasteiger partial charge in [0, 0.05) is 5.56 Å². The summed E-state index contributed by atoms with van der Waals surface area (Å²) in [5, 5.41) is 12.9. The second-order valence-corrected chi connectivity index (χ2v) is 8.94. The van der Waals surface area contributed by atoms with Crippen LogP contribution in [0.15, 0.2) is 0 Å². The van der Waals surface area contributed by atoms with Gasteiger partial charge in [0.2, 0.25) is 0 Å². The smallest absolute Gasteiger partial charge is 0.870 e. The summed E-state index contributed by atoms with van der Waals surface area (Å²) in [6.45, 7) is 12.4. The maximum Gasteiger partial charge on any atom is 1.00 e. The van der Waals surface area contributed by atoms with E-state index in [1.807, 2.05) is 13.8 Å². The predicted octanol–water partition coefficient (Wildman–Crippen LogP) is 0.376. The van der Waals surface area contributed by atoms with E-state index in [1.165, 1.54) is 0 Å². The van der Waals surface area contributed by atoms with Gasteiger partial charge in [-0.25, -0.2) is 0 Å². The van der Waals surface area contributed by atoms with Crippen molar-refractivity contribution in [3.8, 4) is 17.2 Å². The van der Waals surface area contributed by atoms with Crippen molar-refractivity contribution in [2.24, 2.45) is 17.8 Å². The molecule has 0 aliphatic carbocycles. The van der Waals surface area contributed by atoms with Crippen LogP contribution in [0.1, 0.15) is 58.2 Å². The topological polar surface area (TPSA) is 75.7 Å². The molecule has 0 radical (unpaired) electrons. The minimum Gasteiger partial charge on any atom is -0.870 e. The van der Waals surface area contributed by atoms with Crippen LogP contribution in [-0.4, -0.2) is 8.42 Å². The quantitative estimate of drug-likeness (QED) is 0.669. The molecule has 7 heteroatoms. The minimum absolute atomic E-state index is 0. The van der Waals surface area contributed by atoms with E-state index in [0.29, 0.717) is 30.2 Å². The Hall–Kier alpha value is -0.430. The van der Waals surface area contributed by atoms with Crippen LogP contribution in [0, 0.1) is 17.8 Å². The first-order valence-corrected chi connectivity index (χ1v) is 9.86. The van der Waals surface area contributed by atoms with Gasteiger partial charge in [0.15, 0.2) is 11.5 Å². The molecule has 0 aromatic heterocycles. The first-order valence-electron chi connectivity index (χ1n) is 8.53. The van der Waals surface area contributed by atoms with Gasteiger partial charge in [-0.3, -0.25) is 0 Å². The Bertz CT molecular complexity index is 724. The van der Waals surface area contributed by atoms with Gasteiger partial charge in [-0.15, -0.1) is 8.42 Å². The molecule has 0 atom stereocenters. The summed E-state index contributed by atoms with van der Waals surface area (Å²) in [6, 6.07) is 0. The first kappa shape index (κ1) is 22.6. The third-order valence-electron chi connectivity index (χ3n) is 3.90. The fourth-order valence-corrected chi connectivity index (χ4v) is 3.89. The molecule has 0 unspecified atom stereocenters. The molecular formula is C18H27NaO5S. The summed E-state index contributed by atoms with van der Waals surface area (Å²) < 4.78 is 33.4. The molecule has 1 aliphatic rings. The standard InChI is InChI=1S/C18H28O5S.Na/c1-10(2)7-13-14(8-11(3)4)16(19)18-17(15(13)9-12(5)6)22-24(20,21)23-18;/h10-12,19H,7-9H2,1-6H3;/q;+1/p-1. The first-order chi connectivity index (χ1) is 11.0. The van der Waals surface area contributed by atoms with E-state index in [1.54, 1.807) is 0 Å². The number of benzene rings is 1. The van der Waals surface area contributed by atoms with Crippen molar-refractivity contribution >= 4 is 10.4 Å². The van der Waals surface area contributed by atoms with Crippen LogP contribution in [0.4, 0.5) is 0 Å². The van der Waals surface area contributed by atoms with Gasteiger partial charge in [-0.2, -0.15) is 0 Å². The van der Waals surface area contributed by atoms with Crippen molar-refractivity contribution in [3.05, 3.63) is 16.7 Å². The Morgan fingerprint density at radius 3 is 1.64 bits per heavy atom. The van der Waals surface area contributed by atoms with Crippen LogP contribution in [0.25, 0.3) is 0 Å². The van der Waals surface area contributed by atoms with Gasteiger partial charge in [-0.1, -0.05) is 47.3 Å².